The molecule has 0 saturated carbocycles. The van der Waals surface area contributed by atoms with E-state index in [-0.39, 0.29) is 18.1 Å². The van der Waals surface area contributed by atoms with Crippen molar-refractivity contribution in [3.8, 4) is 0 Å². The Bertz CT molecular complexity index is 230. The zero-order chi connectivity index (χ0) is 13.3. The lowest BCUT2D eigenvalue weighted by atomic mass is 10.1. The molecule has 0 spiro atoms. The summed E-state index contributed by atoms with van der Waals surface area (Å²) >= 11 is 0. The van der Waals surface area contributed by atoms with Crippen LogP contribution >= 0.6 is 0 Å². The molecule has 0 aromatic heterocycles. The van der Waals surface area contributed by atoms with Gasteiger partial charge >= 0.3 is 0 Å². The molecule has 0 aliphatic carbocycles. The van der Waals surface area contributed by atoms with Crippen molar-refractivity contribution in [3.05, 3.63) is 0 Å². The molecule has 1 atom stereocenters. The number of hydrogen-bond donors (Lipinski definition) is 3. The molecule has 0 aliphatic heterocycles. The number of aliphatic hydroxyl groups excluding tert-OH is 1. The van der Waals surface area contributed by atoms with Crippen LogP contribution < -0.4 is 10.6 Å². The van der Waals surface area contributed by atoms with Crippen LogP contribution in [-0.4, -0.2) is 50.0 Å². The van der Waals surface area contributed by atoms with E-state index in [1.54, 1.807) is 7.11 Å². The molecule has 0 heterocycles. The molecular weight excluding hydrogens is 218 g/mol. The van der Waals surface area contributed by atoms with Gasteiger partial charge in [0.25, 0.3) is 0 Å². The van der Waals surface area contributed by atoms with Crippen molar-refractivity contribution in [2.75, 3.05) is 33.4 Å². The van der Waals surface area contributed by atoms with E-state index in [1.807, 2.05) is 27.7 Å². The Labute approximate surface area is 105 Å². The summed E-state index contributed by atoms with van der Waals surface area (Å²) in [6.07, 6.45) is 0. The molecule has 5 heteroatoms. The van der Waals surface area contributed by atoms with Gasteiger partial charge in [-0.3, -0.25) is 4.99 Å². The van der Waals surface area contributed by atoms with E-state index in [0.29, 0.717) is 13.1 Å². The minimum atomic E-state index is -0.259. The first kappa shape index (κ1) is 16.2. The highest BCUT2D eigenvalue weighted by Crippen LogP contribution is 2.06. The highest BCUT2D eigenvalue weighted by molar-refractivity contribution is 5.79. The lowest BCUT2D eigenvalue weighted by Gasteiger charge is -2.21. The van der Waals surface area contributed by atoms with Gasteiger partial charge in [-0.05, 0) is 26.7 Å². The largest absolute Gasteiger partial charge is 0.396 e. The highest BCUT2D eigenvalue weighted by Gasteiger charge is 2.15. The normalized spacial score (nSPS) is 14.6. The third-order valence-electron chi connectivity index (χ3n) is 2.44. The van der Waals surface area contributed by atoms with E-state index in [2.05, 4.69) is 15.6 Å². The monoisotopic (exact) mass is 245 g/mol. The van der Waals surface area contributed by atoms with Gasteiger partial charge in [0.2, 0.25) is 0 Å². The second-order valence-electron chi connectivity index (χ2n) is 4.83. The summed E-state index contributed by atoms with van der Waals surface area (Å²) in [5.74, 6) is 0.979. The summed E-state index contributed by atoms with van der Waals surface area (Å²) in [4.78, 5) is 4.45. The molecule has 17 heavy (non-hydrogen) atoms. The molecule has 0 aliphatic rings. The maximum Gasteiger partial charge on any atom is 0.191 e. The lowest BCUT2D eigenvalue weighted by Crippen LogP contribution is -2.41. The molecule has 0 rings (SSSR count). The van der Waals surface area contributed by atoms with Crippen LogP contribution in [0.3, 0.4) is 0 Å². The van der Waals surface area contributed by atoms with Gasteiger partial charge in [-0.15, -0.1) is 0 Å². The van der Waals surface area contributed by atoms with Crippen molar-refractivity contribution in [3.63, 3.8) is 0 Å². The maximum absolute atomic E-state index is 8.95. The van der Waals surface area contributed by atoms with Crippen LogP contribution in [0.4, 0.5) is 0 Å². The van der Waals surface area contributed by atoms with Gasteiger partial charge in [0.15, 0.2) is 5.96 Å². The molecule has 0 fully saturated rings. The Balaban J connectivity index is 4.25. The van der Waals surface area contributed by atoms with Gasteiger partial charge in [-0.1, -0.05) is 6.92 Å². The summed E-state index contributed by atoms with van der Waals surface area (Å²) in [6, 6.07) is 0. The van der Waals surface area contributed by atoms with Gasteiger partial charge in [0.05, 0.1) is 12.1 Å². The van der Waals surface area contributed by atoms with E-state index < -0.39 is 0 Å². The standard InChI is InChI=1S/C12H27N3O2/c1-6-13-11(14-7-10(2)8-16)15-9-12(3,4)17-5/h10,16H,6-9H2,1-5H3,(H2,13,14,15). The van der Waals surface area contributed by atoms with Crippen LogP contribution in [0, 0.1) is 5.92 Å². The number of ether oxygens (including phenoxy) is 1. The van der Waals surface area contributed by atoms with E-state index in [9.17, 15) is 0 Å². The molecule has 102 valence electrons. The topological polar surface area (TPSA) is 65.9 Å². The van der Waals surface area contributed by atoms with Crippen molar-refractivity contribution >= 4 is 5.96 Å². The number of guanidine groups is 1. The van der Waals surface area contributed by atoms with E-state index in [1.165, 1.54) is 0 Å². The summed E-state index contributed by atoms with van der Waals surface area (Å²) in [5, 5.41) is 15.3. The Morgan fingerprint density at radius 2 is 2.06 bits per heavy atom. The Morgan fingerprint density at radius 3 is 2.53 bits per heavy atom. The second kappa shape index (κ2) is 8.31. The smallest absolute Gasteiger partial charge is 0.191 e. The average molecular weight is 245 g/mol. The minimum absolute atomic E-state index is 0.177. The number of aliphatic imine (C=N–C) groups is 1. The number of nitrogens with one attached hydrogen (secondary N) is 2. The first-order valence-corrected chi connectivity index (χ1v) is 6.13. The van der Waals surface area contributed by atoms with Gasteiger partial charge in [-0.25, -0.2) is 0 Å². The number of hydrogen-bond acceptors (Lipinski definition) is 3. The predicted molar refractivity (Wildman–Crippen MR) is 71.3 cm³/mol. The number of aliphatic hydroxyl groups is 1. The average Bonchev–Trinajstić information content (AvgIpc) is 2.32. The third kappa shape index (κ3) is 7.99. The quantitative estimate of drug-likeness (QED) is 0.454. The molecule has 0 saturated heterocycles. The summed E-state index contributed by atoms with van der Waals surface area (Å²) in [7, 11) is 1.68. The molecule has 0 radical (unpaired) electrons. The molecule has 0 amide bonds. The van der Waals surface area contributed by atoms with E-state index in [4.69, 9.17) is 9.84 Å². The summed E-state index contributed by atoms with van der Waals surface area (Å²) < 4.78 is 5.31. The van der Waals surface area contributed by atoms with Crippen LogP contribution in [-0.2, 0) is 4.74 Å². The minimum Gasteiger partial charge on any atom is -0.396 e. The second-order valence-corrected chi connectivity index (χ2v) is 4.83. The zero-order valence-corrected chi connectivity index (χ0v) is 11.7. The Hall–Kier alpha value is -0.810. The molecule has 0 aromatic rings. The molecule has 3 N–H and O–H groups in total. The van der Waals surface area contributed by atoms with Crippen molar-refractivity contribution < 1.29 is 9.84 Å². The first-order chi connectivity index (χ1) is 7.95. The van der Waals surface area contributed by atoms with Crippen molar-refractivity contribution in [1.29, 1.82) is 0 Å². The predicted octanol–water partition coefficient (Wildman–Crippen LogP) is 0.595. The Kier molecular flexibility index (Phi) is 7.91. The van der Waals surface area contributed by atoms with E-state index >= 15 is 0 Å². The van der Waals surface area contributed by atoms with Gasteiger partial charge in [0.1, 0.15) is 0 Å². The highest BCUT2D eigenvalue weighted by atomic mass is 16.5. The first-order valence-electron chi connectivity index (χ1n) is 6.13. The zero-order valence-electron chi connectivity index (χ0n) is 11.7. The third-order valence-corrected chi connectivity index (χ3v) is 2.44. The van der Waals surface area contributed by atoms with Crippen LogP contribution in [0.5, 0.6) is 0 Å². The van der Waals surface area contributed by atoms with E-state index in [0.717, 1.165) is 12.5 Å². The maximum atomic E-state index is 8.95. The number of rotatable bonds is 7. The Morgan fingerprint density at radius 1 is 1.41 bits per heavy atom. The lowest BCUT2D eigenvalue weighted by molar-refractivity contribution is 0.0310. The fourth-order valence-electron chi connectivity index (χ4n) is 1.01. The fraction of sp³-hybridized carbons (Fsp3) is 0.917. The summed E-state index contributed by atoms with van der Waals surface area (Å²) in [5.41, 5.74) is -0.259. The molecule has 5 nitrogen and oxygen atoms in total. The van der Waals surface area contributed by atoms with Gasteiger partial charge in [-0.2, -0.15) is 0 Å². The molecule has 1 unspecified atom stereocenters. The fourth-order valence-corrected chi connectivity index (χ4v) is 1.01. The molecule has 0 bridgehead atoms. The van der Waals surface area contributed by atoms with Crippen molar-refractivity contribution in [1.82, 2.24) is 10.6 Å². The van der Waals surface area contributed by atoms with Crippen molar-refractivity contribution in [2.45, 2.75) is 33.3 Å². The van der Waals surface area contributed by atoms with Crippen LogP contribution in [0.15, 0.2) is 4.99 Å². The van der Waals surface area contributed by atoms with Gasteiger partial charge in [0, 0.05) is 26.8 Å². The van der Waals surface area contributed by atoms with Crippen LogP contribution in [0.1, 0.15) is 27.7 Å². The number of methoxy groups -OCH3 is 1. The SMILES string of the molecule is CCNC(=NCC(C)(C)OC)NCC(C)CO. The number of nitrogens with zero attached hydrogens (tertiary/aromatic N) is 1. The van der Waals surface area contributed by atoms with Gasteiger partial charge < -0.3 is 20.5 Å². The summed E-state index contributed by atoms with van der Waals surface area (Å²) in [6.45, 7) is 10.3. The van der Waals surface area contributed by atoms with Crippen LogP contribution in [0.25, 0.3) is 0 Å². The van der Waals surface area contributed by atoms with Crippen LogP contribution in [0.2, 0.25) is 0 Å². The molecular formula is C12H27N3O2. The molecule has 0 aromatic carbocycles. The van der Waals surface area contributed by atoms with Crippen molar-refractivity contribution in [2.24, 2.45) is 10.9 Å².